The molecule has 0 bridgehead atoms. The van der Waals surface area contributed by atoms with Crippen molar-refractivity contribution in [2.45, 2.75) is 13.5 Å². The van der Waals surface area contributed by atoms with Crippen LogP contribution in [0.5, 0.6) is 0 Å². The molecule has 0 fully saturated rings. The van der Waals surface area contributed by atoms with Crippen LogP contribution in [-0.4, -0.2) is 51.8 Å². The minimum Gasteiger partial charge on any atom is -0.383 e. The molecule has 1 rings (SSSR count). The van der Waals surface area contributed by atoms with E-state index in [2.05, 4.69) is 20.6 Å². The number of guanidine groups is 1. The van der Waals surface area contributed by atoms with E-state index in [0.717, 1.165) is 30.4 Å². The van der Waals surface area contributed by atoms with Crippen molar-refractivity contribution in [3.8, 4) is 0 Å². The van der Waals surface area contributed by atoms with Gasteiger partial charge in [0.05, 0.1) is 13.2 Å². The molecule has 0 unspecified atom stereocenters. The summed E-state index contributed by atoms with van der Waals surface area (Å²) in [5.74, 6) is 1.74. The summed E-state index contributed by atoms with van der Waals surface area (Å²) in [7, 11) is 5.64. The van der Waals surface area contributed by atoms with E-state index in [-0.39, 0.29) is 0 Å². The summed E-state index contributed by atoms with van der Waals surface area (Å²) in [6.45, 7) is 4.89. The van der Waals surface area contributed by atoms with E-state index in [1.165, 1.54) is 0 Å². The first-order chi connectivity index (χ1) is 9.67. The number of nitrogens with one attached hydrogen (secondary N) is 2. The van der Waals surface area contributed by atoms with Crippen molar-refractivity contribution in [1.82, 2.24) is 15.6 Å². The van der Waals surface area contributed by atoms with E-state index in [1.54, 1.807) is 7.11 Å². The highest BCUT2D eigenvalue weighted by atomic mass is 16.5. The van der Waals surface area contributed by atoms with Crippen LogP contribution in [-0.2, 0) is 11.3 Å². The van der Waals surface area contributed by atoms with Crippen molar-refractivity contribution in [3.05, 3.63) is 23.9 Å². The van der Waals surface area contributed by atoms with E-state index in [1.807, 2.05) is 44.2 Å². The summed E-state index contributed by atoms with van der Waals surface area (Å²) in [5, 5.41) is 6.42. The summed E-state index contributed by atoms with van der Waals surface area (Å²) < 4.78 is 5.02. The number of nitrogens with zero attached hydrogens (tertiary/aromatic N) is 3. The Morgan fingerprint density at radius 1 is 1.40 bits per heavy atom. The van der Waals surface area contributed by atoms with Crippen LogP contribution in [0.1, 0.15) is 12.5 Å². The van der Waals surface area contributed by atoms with E-state index in [9.17, 15) is 0 Å². The smallest absolute Gasteiger partial charge is 0.191 e. The number of rotatable bonds is 7. The second-order valence-electron chi connectivity index (χ2n) is 4.53. The molecular weight excluding hydrogens is 254 g/mol. The Bertz CT molecular complexity index is 420. The third-order valence-corrected chi connectivity index (χ3v) is 2.63. The van der Waals surface area contributed by atoms with E-state index in [4.69, 9.17) is 4.74 Å². The lowest BCUT2D eigenvalue weighted by molar-refractivity contribution is 0.203. The van der Waals surface area contributed by atoms with Gasteiger partial charge in [0, 0.05) is 40.5 Å². The molecule has 1 aromatic heterocycles. The van der Waals surface area contributed by atoms with Crippen molar-refractivity contribution in [2.24, 2.45) is 4.99 Å². The highest BCUT2D eigenvalue weighted by Crippen LogP contribution is 2.10. The zero-order chi connectivity index (χ0) is 14.8. The quantitative estimate of drug-likeness (QED) is 0.440. The Balaban J connectivity index is 2.63. The zero-order valence-electron chi connectivity index (χ0n) is 12.8. The third kappa shape index (κ3) is 5.88. The van der Waals surface area contributed by atoms with Gasteiger partial charge in [0.1, 0.15) is 5.82 Å². The first-order valence-electron chi connectivity index (χ1n) is 6.80. The number of aliphatic imine (C=N–C) groups is 1. The Morgan fingerprint density at radius 3 is 2.85 bits per heavy atom. The van der Waals surface area contributed by atoms with Crippen LogP contribution in [0.3, 0.4) is 0 Å². The number of aromatic nitrogens is 1. The fourth-order valence-corrected chi connectivity index (χ4v) is 1.59. The van der Waals surface area contributed by atoms with Gasteiger partial charge < -0.3 is 20.3 Å². The molecule has 0 amide bonds. The number of pyridine rings is 1. The monoisotopic (exact) mass is 279 g/mol. The molecule has 0 aromatic carbocycles. The summed E-state index contributed by atoms with van der Waals surface area (Å²) >= 11 is 0. The number of hydrogen-bond acceptors (Lipinski definition) is 4. The average Bonchev–Trinajstić information content (AvgIpc) is 2.45. The van der Waals surface area contributed by atoms with Gasteiger partial charge in [-0.1, -0.05) is 0 Å². The maximum absolute atomic E-state index is 5.02. The minimum atomic E-state index is 0.617. The van der Waals surface area contributed by atoms with E-state index in [0.29, 0.717) is 13.2 Å². The maximum atomic E-state index is 5.02. The molecule has 112 valence electrons. The standard InChI is InChI=1S/C14H25N5O/c1-5-15-14(17-8-9-20-4)18-11-12-6-7-16-13(10-12)19(2)3/h6-7,10H,5,8-9,11H2,1-4H3,(H2,15,17,18). The number of hydrogen-bond donors (Lipinski definition) is 2. The second kappa shape index (κ2) is 9.14. The molecule has 0 radical (unpaired) electrons. The largest absolute Gasteiger partial charge is 0.383 e. The van der Waals surface area contributed by atoms with Crippen LogP contribution in [0.4, 0.5) is 5.82 Å². The van der Waals surface area contributed by atoms with Crippen molar-refractivity contribution in [1.29, 1.82) is 0 Å². The second-order valence-corrected chi connectivity index (χ2v) is 4.53. The van der Waals surface area contributed by atoms with Crippen LogP contribution < -0.4 is 15.5 Å². The summed E-state index contributed by atoms with van der Waals surface area (Å²) in [6.07, 6.45) is 1.81. The lowest BCUT2D eigenvalue weighted by atomic mass is 10.2. The normalized spacial score (nSPS) is 11.3. The molecule has 6 nitrogen and oxygen atoms in total. The van der Waals surface area contributed by atoms with Gasteiger partial charge in [-0.25, -0.2) is 9.98 Å². The van der Waals surface area contributed by atoms with Crippen molar-refractivity contribution >= 4 is 11.8 Å². The van der Waals surface area contributed by atoms with Gasteiger partial charge in [-0.2, -0.15) is 0 Å². The van der Waals surface area contributed by atoms with Crippen molar-refractivity contribution < 1.29 is 4.74 Å². The molecular formula is C14H25N5O. The zero-order valence-corrected chi connectivity index (χ0v) is 12.8. The summed E-state index contributed by atoms with van der Waals surface area (Å²) in [4.78, 5) is 10.8. The van der Waals surface area contributed by atoms with E-state index >= 15 is 0 Å². The van der Waals surface area contributed by atoms with Gasteiger partial charge in [-0.15, -0.1) is 0 Å². The highest BCUT2D eigenvalue weighted by molar-refractivity contribution is 5.79. The molecule has 1 aromatic rings. The fourth-order valence-electron chi connectivity index (χ4n) is 1.59. The Hall–Kier alpha value is -1.82. The first kappa shape index (κ1) is 16.2. The van der Waals surface area contributed by atoms with Gasteiger partial charge in [-0.3, -0.25) is 0 Å². The molecule has 2 N–H and O–H groups in total. The van der Waals surface area contributed by atoms with Crippen molar-refractivity contribution in [2.75, 3.05) is 45.8 Å². The Labute approximate surface area is 121 Å². The lowest BCUT2D eigenvalue weighted by Gasteiger charge is -2.13. The van der Waals surface area contributed by atoms with Gasteiger partial charge in [0.15, 0.2) is 5.96 Å². The molecule has 0 saturated carbocycles. The SMILES string of the molecule is CCNC(=NCc1ccnc(N(C)C)c1)NCCOC. The maximum Gasteiger partial charge on any atom is 0.191 e. The van der Waals surface area contributed by atoms with Crippen LogP contribution in [0, 0.1) is 0 Å². The van der Waals surface area contributed by atoms with Crippen LogP contribution in [0.2, 0.25) is 0 Å². The van der Waals surface area contributed by atoms with Gasteiger partial charge in [-0.05, 0) is 24.6 Å². The Kier molecular flexibility index (Phi) is 7.42. The molecule has 1 heterocycles. The molecule has 0 aliphatic carbocycles. The summed E-state index contributed by atoms with van der Waals surface area (Å²) in [5.41, 5.74) is 1.13. The molecule has 20 heavy (non-hydrogen) atoms. The van der Waals surface area contributed by atoms with Gasteiger partial charge in [0.2, 0.25) is 0 Å². The summed E-state index contributed by atoms with van der Waals surface area (Å²) in [6, 6.07) is 4.03. The third-order valence-electron chi connectivity index (χ3n) is 2.63. The topological polar surface area (TPSA) is 61.8 Å². The highest BCUT2D eigenvalue weighted by Gasteiger charge is 2.00. The number of methoxy groups -OCH3 is 1. The fraction of sp³-hybridized carbons (Fsp3) is 0.571. The van der Waals surface area contributed by atoms with Crippen molar-refractivity contribution in [3.63, 3.8) is 0 Å². The lowest BCUT2D eigenvalue weighted by Crippen LogP contribution is -2.38. The Morgan fingerprint density at radius 2 is 2.20 bits per heavy atom. The number of ether oxygens (including phenoxy) is 1. The number of anilines is 1. The molecule has 0 aliphatic rings. The van der Waals surface area contributed by atoms with Crippen LogP contribution in [0.25, 0.3) is 0 Å². The molecule has 0 saturated heterocycles. The van der Waals surface area contributed by atoms with Gasteiger partial charge in [0.25, 0.3) is 0 Å². The van der Waals surface area contributed by atoms with E-state index < -0.39 is 0 Å². The minimum absolute atomic E-state index is 0.617. The molecule has 0 atom stereocenters. The molecule has 0 spiro atoms. The predicted octanol–water partition coefficient (Wildman–Crippen LogP) is 0.849. The first-order valence-corrected chi connectivity index (χ1v) is 6.80. The van der Waals surface area contributed by atoms with Crippen LogP contribution >= 0.6 is 0 Å². The average molecular weight is 279 g/mol. The van der Waals surface area contributed by atoms with Gasteiger partial charge >= 0.3 is 0 Å². The van der Waals surface area contributed by atoms with Crippen LogP contribution in [0.15, 0.2) is 23.3 Å². The molecule has 6 heteroatoms. The molecule has 0 aliphatic heterocycles. The predicted molar refractivity (Wildman–Crippen MR) is 83.3 cm³/mol.